The number of hydrogen-bond acceptors (Lipinski definition) is 3. The van der Waals surface area contributed by atoms with Crippen LogP contribution in [0.4, 0.5) is 0 Å². The molecule has 0 radical (unpaired) electrons. The molecule has 0 saturated heterocycles. The molecule has 0 aliphatic heterocycles. The fourth-order valence-electron chi connectivity index (χ4n) is 2.17. The third kappa shape index (κ3) is 2.75. The molecule has 2 aromatic carbocycles. The molecular formula is C16H16O4. The van der Waals surface area contributed by atoms with Crippen molar-refractivity contribution in [3.63, 3.8) is 0 Å². The average molecular weight is 272 g/mol. The van der Waals surface area contributed by atoms with E-state index in [1.807, 2.05) is 24.3 Å². The van der Waals surface area contributed by atoms with E-state index in [9.17, 15) is 9.90 Å². The van der Waals surface area contributed by atoms with Crippen LogP contribution in [0.15, 0.2) is 36.4 Å². The number of benzene rings is 2. The number of carboxylic acids is 1. The van der Waals surface area contributed by atoms with Gasteiger partial charge in [0.25, 0.3) is 0 Å². The molecule has 0 atom stereocenters. The van der Waals surface area contributed by atoms with Crippen molar-refractivity contribution in [2.75, 3.05) is 13.4 Å². The summed E-state index contributed by atoms with van der Waals surface area (Å²) in [6.45, 7) is 0.776. The second-order valence-corrected chi connectivity index (χ2v) is 5.04. The van der Waals surface area contributed by atoms with Crippen LogP contribution in [-0.4, -0.2) is 24.5 Å². The van der Waals surface area contributed by atoms with Gasteiger partial charge in [0.1, 0.15) is 11.3 Å². The summed E-state index contributed by atoms with van der Waals surface area (Å²) in [6, 6.07) is 10.9. The lowest BCUT2D eigenvalue weighted by molar-refractivity contribution is 0.0101. The fraction of sp³-hybridized carbons (Fsp3) is 0.312. The van der Waals surface area contributed by atoms with Crippen molar-refractivity contribution in [3.05, 3.63) is 42.0 Å². The smallest absolute Gasteiger partial charge is 0.339 e. The van der Waals surface area contributed by atoms with Gasteiger partial charge in [0.15, 0.2) is 6.79 Å². The van der Waals surface area contributed by atoms with Crippen molar-refractivity contribution in [1.82, 2.24) is 0 Å². The Bertz CT molecular complexity index is 631. The van der Waals surface area contributed by atoms with E-state index in [0.29, 0.717) is 18.3 Å². The highest BCUT2D eigenvalue weighted by atomic mass is 16.7. The van der Waals surface area contributed by atoms with Crippen molar-refractivity contribution >= 4 is 16.7 Å². The average Bonchev–Trinajstić information content (AvgIpc) is 3.27. The van der Waals surface area contributed by atoms with Crippen molar-refractivity contribution in [3.8, 4) is 5.75 Å². The summed E-state index contributed by atoms with van der Waals surface area (Å²) in [6.07, 6.45) is 2.43. The molecule has 3 rings (SSSR count). The van der Waals surface area contributed by atoms with Gasteiger partial charge in [0, 0.05) is 5.39 Å². The minimum atomic E-state index is -0.993. The first kappa shape index (κ1) is 12.9. The van der Waals surface area contributed by atoms with Gasteiger partial charge in [-0.25, -0.2) is 4.79 Å². The number of rotatable bonds is 6. The highest BCUT2D eigenvalue weighted by Crippen LogP contribution is 2.31. The van der Waals surface area contributed by atoms with E-state index < -0.39 is 5.97 Å². The Morgan fingerprint density at radius 3 is 2.75 bits per heavy atom. The summed E-state index contributed by atoms with van der Waals surface area (Å²) in [5, 5.41) is 11.0. The molecule has 1 N–H and O–H groups in total. The number of ether oxygens (including phenoxy) is 2. The highest BCUT2D eigenvalue weighted by molar-refractivity contribution is 6.00. The van der Waals surface area contributed by atoms with E-state index in [1.165, 1.54) is 12.8 Å². The van der Waals surface area contributed by atoms with E-state index >= 15 is 0 Å². The number of hydrogen-bond donors (Lipinski definition) is 1. The van der Waals surface area contributed by atoms with Crippen LogP contribution >= 0.6 is 0 Å². The summed E-state index contributed by atoms with van der Waals surface area (Å²) in [5.41, 5.74) is 0.165. The first-order valence-corrected chi connectivity index (χ1v) is 6.71. The van der Waals surface area contributed by atoms with E-state index in [4.69, 9.17) is 9.47 Å². The zero-order chi connectivity index (χ0) is 13.9. The van der Waals surface area contributed by atoms with Gasteiger partial charge < -0.3 is 14.6 Å². The highest BCUT2D eigenvalue weighted by Gasteiger charge is 2.21. The molecule has 20 heavy (non-hydrogen) atoms. The van der Waals surface area contributed by atoms with E-state index in [1.54, 1.807) is 12.1 Å². The quantitative estimate of drug-likeness (QED) is 0.647. The second kappa shape index (κ2) is 5.51. The van der Waals surface area contributed by atoms with Crippen molar-refractivity contribution in [1.29, 1.82) is 0 Å². The normalized spacial score (nSPS) is 14.4. The molecule has 1 saturated carbocycles. The maximum absolute atomic E-state index is 11.3. The predicted octanol–water partition coefficient (Wildman–Crippen LogP) is 3.30. The first-order chi connectivity index (χ1) is 9.75. The SMILES string of the molecule is O=C(O)c1ccc2ccccc2c1OCOCC1CC1. The van der Waals surface area contributed by atoms with Crippen molar-refractivity contribution in [2.24, 2.45) is 5.92 Å². The molecule has 4 nitrogen and oxygen atoms in total. The van der Waals surface area contributed by atoms with Gasteiger partial charge in [-0.05, 0) is 30.2 Å². The summed E-state index contributed by atoms with van der Waals surface area (Å²) in [7, 11) is 0. The Morgan fingerprint density at radius 2 is 2.00 bits per heavy atom. The minimum Gasteiger partial charge on any atom is -0.478 e. The Balaban J connectivity index is 1.84. The molecule has 0 aromatic heterocycles. The fourth-order valence-corrected chi connectivity index (χ4v) is 2.17. The molecule has 104 valence electrons. The lowest BCUT2D eigenvalue weighted by atomic mass is 10.1. The third-order valence-corrected chi connectivity index (χ3v) is 3.45. The maximum atomic E-state index is 11.3. The summed E-state index contributed by atoms with van der Waals surface area (Å²) in [4.78, 5) is 11.3. The van der Waals surface area contributed by atoms with Crippen LogP contribution in [0.2, 0.25) is 0 Å². The van der Waals surface area contributed by atoms with E-state index in [0.717, 1.165) is 10.8 Å². The number of fused-ring (bicyclic) bond motifs is 1. The molecule has 2 aromatic rings. The number of carbonyl (C=O) groups is 1. The molecule has 0 unspecified atom stereocenters. The Kier molecular flexibility index (Phi) is 3.56. The van der Waals surface area contributed by atoms with Gasteiger partial charge in [-0.1, -0.05) is 30.3 Å². The molecule has 4 heteroatoms. The van der Waals surface area contributed by atoms with Crippen LogP contribution < -0.4 is 4.74 Å². The van der Waals surface area contributed by atoms with Crippen LogP contribution in [0.3, 0.4) is 0 Å². The van der Waals surface area contributed by atoms with Crippen molar-refractivity contribution in [2.45, 2.75) is 12.8 Å². The second-order valence-electron chi connectivity index (χ2n) is 5.04. The van der Waals surface area contributed by atoms with Crippen LogP contribution in [0, 0.1) is 5.92 Å². The molecule has 1 aliphatic rings. The van der Waals surface area contributed by atoms with Crippen LogP contribution in [0.5, 0.6) is 5.75 Å². The van der Waals surface area contributed by atoms with E-state index in [2.05, 4.69) is 0 Å². The van der Waals surface area contributed by atoms with Crippen LogP contribution in [0.25, 0.3) is 10.8 Å². The standard InChI is InChI=1S/C16H16O4/c17-16(18)14-8-7-12-3-1-2-4-13(12)15(14)20-10-19-9-11-5-6-11/h1-4,7-8,11H,5-6,9-10H2,(H,17,18). The van der Waals surface area contributed by atoms with Crippen molar-refractivity contribution < 1.29 is 19.4 Å². The first-order valence-electron chi connectivity index (χ1n) is 6.71. The summed E-state index contributed by atoms with van der Waals surface area (Å²) < 4.78 is 11.0. The van der Waals surface area contributed by atoms with Gasteiger partial charge in [-0.2, -0.15) is 0 Å². The molecular weight excluding hydrogens is 256 g/mol. The molecule has 1 aliphatic carbocycles. The zero-order valence-corrected chi connectivity index (χ0v) is 11.0. The molecule has 0 spiro atoms. The van der Waals surface area contributed by atoms with Crippen LogP contribution in [0.1, 0.15) is 23.2 Å². The number of carboxylic acid groups (broad SMARTS) is 1. The number of aromatic carboxylic acids is 1. The molecule has 0 heterocycles. The Morgan fingerprint density at radius 1 is 1.20 bits per heavy atom. The maximum Gasteiger partial charge on any atom is 0.339 e. The largest absolute Gasteiger partial charge is 0.478 e. The van der Waals surface area contributed by atoms with Crippen LogP contribution in [-0.2, 0) is 4.74 Å². The van der Waals surface area contributed by atoms with Gasteiger partial charge in [-0.15, -0.1) is 0 Å². The Labute approximate surface area is 116 Å². The molecule has 0 amide bonds. The zero-order valence-electron chi connectivity index (χ0n) is 11.0. The topological polar surface area (TPSA) is 55.8 Å². The lowest BCUT2D eigenvalue weighted by Crippen LogP contribution is -2.09. The predicted molar refractivity (Wildman–Crippen MR) is 75.1 cm³/mol. The molecule has 1 fully saturated rings. The van der Waals surface area contributed by atoms with E-state index in [-0.39, 0.29) is 12.4 Å². The Hall–Kier alpha value is -2.07. The van der Waals surface area contributed by atoms with Gasteiger partial charge in [0.2, 0.25) is 0 Å². The lowest BCUT2D eigenvalue weighted by Gasteiger charge is -2.12. The summed E-state index contributed by atoms with van der Waals surface area (Å²) >= 11 is 0. The van der Waals surface area contributed by atoms with Gasteiger partial charge in [0.05, 0.1) is 6.61 Å². The minimum absolute atomic E-state index is 0.0881. The molecule has 0 bridgehead atoms. The van der Waals surface area contributed by atoms with Gasteiger partial charge >= 0.3 is 5.97 Å². The monoisotopic (exact) mass is 272 g/mol. The third-order valence-electron chi connectivity index (χ3n) is 3.45. The van der Waals surface area contributed by atoms with Gasteiger partial charge in [-0.3, -0.25) is 0 Å². The summed E-state index contributed by atoms with van der Waals surface area (Å²) in [5.74, 6) is 0.0457.